The summed E-state index contributed by atoms with van der Waals surface area (Å²) < 4.78 is 1.52. The van der Waals surface area contributed by atoms with Crippen molar-refractivity contribution in [2.24, 2.45) is 4.99 Å². The summed E-state index contributed by atoms with van der Waals surface area (Å²) in [6, 6.07) is 3.59. The van der Waals surface area contributed by atoms with Crippen molar-refractivity contribution in [2.45, 2.75) is 37.8 Å². The summed E-state index contributed by atoms with van der Waals surface area (Å²) in [7, 11) is 0. The maximum absolute atomic E-state index is 9.63. The third-order valence-corrected chi connectivity index (χ3v) is 4.66. The fourth-order valence-corrected chi connectivity index (χ4v) is 3.28. The molecule has 1 aromatic carbocycles. The molecule has 1 aliphatic rings. The Balaban J connectivity index is 2.16. The van der Waals surface area contributed by atoms with Gasteiger partial charge in [-0.2, -0.15) is 0 Å². The van der Waals surface area contributed by atoms with E-state index >= 15 is 0 Å². The number of halogens is 2. The lowest BCUT2D eigenvalue weighted by Crippen LogP contribution is -2.22. The molecule has 0 aromatic heterocycles. The van der Waals surface area contributed by atoms with Crippen LogP contribution in [-0.2, 0) is 0 Å². The molecule has 2 atom stereocenters. The van der Waals surface area contributed by atoms with Gasteiger partial charge >= 0.3 is 0 Å². The van der Waals surface area contributed by atoms with Gasteiger partial charge < -0.3 is 10.2 Å². The van der Waals surface area contributed by atoms with E-state index in [1.165, 1.54) is 0 Å². The number of hydrogen-bond donors (Lipinski definition) is 2. The van der Waals surface area contributed by atoms with Gasteiger partial charge in [-0.15, -0.1) is 0 Å². The SMILES string of the molecule is Oc1ccc(Br)c(C=N[C@H]2CCC[C@@H](O)C2)c1Br. The lowest BCUT2D eigenvalue weighted by Gasteiger charge is -2.22. The first-order chi connectivity index (χ1) is 8.58. The first kappa shape index (κ1) is 14.0. The molecule has 0 amide bonds. The summed E-state index contributed by atoms with van der Waals surface area (Å²) in [6.07, 6.45) is 5.18. The van der Waals surface area contributed by atoms with E-state index in [9.17, 15) is 10.2 Å². The fraction of sp³-hybridized carbons (Fsp3) is 0.462. The molecule has 0 spiro atoms. The number of aromatic hydroxyl groups is 1. The first-order valence-corrected chi connectivity index (χ1v) is 7.54. The molecule has 0 heterocycles. The number of hydrogen-bond acceptors (Lipinski definition) is 3. The van der Waals surface area contributed by atoms with Crippen LogP contribution in [0, 0.1) is 0 Å². The van der Waals surface area contributed by atoms with Crippen LogP contribution >= 0.6 is 31.9 Å². The van der Waals surface area contributed by atoms with E-state index in [-0.39, 0.29) is 17.9 Å². The Morgan fingerprint density at radius 3 is 2.78 bits per heavy atom. The van der Waals surface area contributed by atoms with E-state index in [0.29, 0.717) is 4.47 Å². The molecule has 2 rings (SSSR count). The second-order valence-corrected chi connectivity index (χ2v) is 6.19. The Kier molecular flexibility index (Phi) is 4.81. The van der Waals surface area contributed by atoms with E-state index in [2.05, 4.69) is 36.9 Å². The van der Waals surface area contributed by atoms with Gasteiger partial charge in [-0.3, -0.25) is 4.99 Å². The quantitative estimate of drug-likeness (QED) is 0.774. The highest BCUT2D eigenvalue weighted by Gasteiger charge is 2.19. The minimum absolute atomic E-state index is 0.176. The van der Waals surface area contributed by atoms with E-state index in [0.717, 1.165) is 35.7 Å². The molecule has 1 aliphatic carbocycles. The molecule has 3 nitrogen and oxygen atoms in total. The first-order valence-electron chi connectivity index (χ1n) is 5.96. The Hall–Kier alpha value is -0.390. The molecule has 1 fully saturated rings. The number of phenols is 1. The summed E-state index contributed by atoms with van der Waals surface area (Å²) >= 11 is 6.78. The Morgan fingerprint density at radius 2 is 2.06 bits per heavy atom. The van der Waals surface area contributed by atoms with E-state index in [4.69, 9.17) is 0 Å². The average Bonchev–Trinajstić information content (AvgIpc) is 2.34. The van der Waals surface area contributed by atoms with Crippen molar-refractivity contribution in [1.29, 1.82) is 0 Å². The van der Waals surface area contributed by atoms with Gasteiger partial charge in [0.1, 0.15) is 5.75 Å². The minimum atomic E-state index is -0.225. The summed E-state index contributed by atoms with van der Waals surface area (Å²) in [5, 5.41) is 19.2. The standard InChI is InChI=1S/C13H15Br2NO2/c14-11-4-5-12(18)13(15)10(11)7-16-8-2-1-3-9(17)6-8/h4-5,7-9,17-18H,1-3,6H2/t8-,9+/m0/s1. The van der Waals surface area contributed by atoms with Gasteiger partial charge in [0.05, 0.1) is 16.6 Å². The molecule has 0 saturated heterocycles. The Labute approximate surface area is 123 Å². The van der Waals surface area contributed by atoms with Gasteiger partial charge in [-0.05, 0) is 53.7 Å². The summed E-state index contributed by atoms with van der Waals surface area (Å²) in [6.45, 7) is 0. The number of aliphatic hydroxyl groups excluding tert-OH is 1. The third-order valence-electron chi connectivity index (χ3n) is 3.14. The summed E-state index contributed by atoms with van der Waals surface area (Å²) in [4.78, 5) is 4.51. The molecule has 5 heteroatoms. The maximum Gasteiger partial charge on any atom is 0.130 e. The van der Waals surface area contributed by atoms with Crippen LogP contribution in [0.5, 0.6) is 5.75 Å². The van der Waals surface area contributed by atoms with Gasteiger partial charge in [0.15, 0.2) is 0 Å². The van der Waals surface area contributed by atoms with Crippen molar-refractivity contribution in [3.05, 3.63) is 26.6 Å². The predicted octanol–water partition coefficient (Wildman–Crippen LogP) is 3.64. The predicted molar refractivity (Wildman–Crippen MR) is 79.4 cm³/mol. The third kappa shape index (κ3) is 3.33. The normalized spacial score (nSPS) is 24.6. The Bertz CT molecular complexity index is 463. The van der Waals surface area contributed by atoms with Crippen molar-refractivity contribution >= 4 is 38.1 Å². The Morgan fingerprint density at radius 1 is 1.28 bits per heavy atom. The highest BCUT2D eigenvalue weighted by atomic mass is 79.9. The summed E-state index contributed by atoms with van der Waals surface area (Å²) in [5.41, 5.74) is 0.829. The van der Waals surface area contributed by atoms with E-state index in [1.54, 1.807) is 18.3 Å². The molecule has 0 radical (unpaired) electrons. The zero-order valence-corrected chi connectivity index (χ0v) is 13.0. The smallest absolute Gasteiger partial charge is 0.130 e. The number of phenolic OH excluding ortho intramolecular Hbond substituents is 1. The molecule has 0 aliphatic heterocycles. The fourth-order valence-electron chi connectivity index (χ4n) is 2.13. The van der Waals surface area contributed by atoms with Gasteiger partial charge in [-0.1, -0.05) is 15.9 Å². The van der Waals surface area contributed by atoms with Crippen LogP contribution in [0.4, 0.5) is 0 Å². The van der Waals surface area contributed by atoms with Crippen molar-refractivity contribution in [2.75, 3.05) is 0 Å². The van der Waals surface area contributed by atoms with Crippen LogP contribution < -0.4 is 0 Å². The van der Waals surface area contributed by atoms with Crippen molar-refractivity contribution < 1.29 is 10.2 Å². The van der Waals surface area contributed by atoms with Crippen LogP contribution in [0.25, 0.3) is 0 Å². The molecule has 2 N–H and O–H groups in total. The molecule has 0 unspecified atom stereocenters. The van der Waals surface area contributed by atoms with Crippen LogP contribution in [0.15, 0.2) is 26.1 Å². The second kappa shape index (κ2) is 6.17. The second-order valence-electron chi connectivity index (χ2n) is 4.55. The number of nitrogens with zero attached hydrogens (tertiary/aromatic N) is 1. The summed E-state index contributed by atoms with van der Waals surface area (Å²) in [5.74, 6) is 0.198. The molecular formula is C13H15Br2NO2. The monoisotopic (exact) mass is 375 g/mol. The van der Waals surface area contributed by atoms with Crippen molar-refractivity contribution in [1.82, 2.24) is 0 Å². The molecule has 98 valence electrons. The van der Waals surface area contributed by atoms with Crippen LogP contribution in [0.3, 0.4) is 0 Å². The average molecular weight is 377 g/mol. The van der Waals surface area contributed by atoms with Gasteiger partial charge in [-0.25, -0.2) is 0 Å². The molecule has 1 saturated carbocycles. The van der Waals surface area contributed by atoms with Crippen LogP contribution in [0.2, 0.25) is 0 Å². The molecule has 18 heavy (non-hydrogen) atoms. The number of rotatable bonds is 2. The van der Waals surface area contributed by atoms with Crippen LogP contribution in [0.1, 0.15) is 31.2 Å². The zero-order valence-electron chi connectivity index (χ0n) is 9.81. The number of benzene rings is 1. The minimum Gasteiger partial charge on any atom is -0.507 e. The van der Waals surface area contributed by atoms with Gasteiger partial charge in [0.2, 0.25) is 0 Å². The maximum atomic E-state index is 9.63. The number of aliphatic hydroxyl groups is 1. The van der Waals surface area contributed by atoms with Crippen molar-refractivity contribution in [3.63, 3.8) is 0 Å². The highest BCUT2D eigenvalue weighted by molar-refractivity contribution is 9.11. The molecule has 0 bridgehead atoms. The lowest BCUT2D eigenvalue weighted by molar-refractivity contribution is 0.121. The van der Waals surface area contributed by atoms with E-state index in [1.807, 2.05) is 0 Å². The molecule has 1 aromatic rings. The number of aliphatic imine (C=N–C) groups is 1. The molecular weight excluding hydrogens is 362 g/mol. The van der Waals surface area contributed by atoms with Crippen LogP contribution in [-0.4, -0.2) is 28.6 Å². The zero-order chi connectivity index (χ0) is 13.1. The topological polar surface area (TPSA) is 52.8 Å². The van der Waals surface area contributed by atoms with Crippen molar-refractivity contribution in [3.8, 4) is 5.75 Å². The van der Waals surface area contributed by atoms with Gasteiger partial charge in [0, 0.05) is 16.3 Å². The van der Waals surface area contributed by atoms with Gasteiger partial charge in [0.25, 0.3) is 0 Å². The highest BCUT2D eigenvalue weighted by Crippen LogP contribution is 2.32. The van der Waals surface area contributed by atoms with E-state index < -0.39 is 0 Å². The lowest BCUT2D eigenvalue weighted by atomic mass is 9.93. The largest absolute Gasteiger partial charge is 0.507 e.